The lowest BCUT2D eigenvalue weighted by atomic mass is 10.1. The number of nitrogens with zero attached hydrogens (tertiary/aromatic N) is 2. The molecule has 3 N–H and O–H groups in total. The second kappa shape index (κ2) is 9.99. The Balaban J connectivity index is 1.48. The molecule has 0 radical (unpaired) electrons. The number of hydrogen-bond acceptors (Lipinski definition) is 7. The molecule has 0 aliphatic carbocycles. The van der Waals surface area contributed by atoms with Crippen molar-refractivity contribution in [3.63, 3.8) is 0 Å². The largest absolute Gasteiger partial charge is 0.326 e. The number of aryl methyl sites for hydroxylation is 1. The fourth-order valence-electron chi connectivity index (χ4n) is 2.44. The smallest absolute Gasteiger partial charge is 0.257 e. The minimum atomic E-state index is -0.258. The highest BCUT2D eigenvalue weighted by molar-refractivity contribution is 8.01. The molecule has 0 unspecified atom stereocenters. The number of anilines is 3. The van der Waals surface area contributed by atoms with Gasteiger partial charge in [0, 0.05) is 23.9 Å². The zero-order chi connectivity index (χ0) is 21.5. The summed E-state index contributed by atoms with van der Waals surface area (Å²) < 4.78 is 0.575. The van der Waals surface area contributed by atoms with Gasteiger partial charge in [0.1, 0.15) is 0 Å². The van der Waals surface area contributed by atoms with Gasteiger partial charge < -0.3 is 10.6 Å². The lowest BCUT2D eigenvalue weighted by molar-refractivity contribution is -0.114. The normalized spacial score (nSPS) is 10.3. The molecule has 3 amide bonds. The standard InChI is InChI=1S/C20H19N5O3S2/c1-12-4-3-5-14(10-12)18(28)23-19-24-25-20(30-19)29-11-17(27)22-16-8-6-15(7-9-16)21-13(2)26/h3-10H,11H2,1-2H3,(H,21,26)(H,22,27)(H,23,24,28). The third kappa shape index (κ3) is 6.39. The van der Waals surface area contributed by atoms with Crippen molar-refractivity contribution >= 4 is 57.3 Å². The van der Waals surface area contributed by atoms with E-state index in [1.54, 1.807) is 36.4 Å². The molecule has 0 bridgehead atoms. The molecule has 0 saturated carbocycles. The molecule has 2 aromatic carbocycles. The molecule has 0 aliphatic rings. The molecule has 0 saturated heterocycles. The lowest BCUT2D eigenvalue weighted by Gasteiger charge is -2.06. The molecular formula is C20H19N5O3S2. The third-order valence-corrected chi connectivity index (χ3v) is 5.69. The second-order valence-electron chi connectivity index (χ2n) is 6.29. The molecule has 0 fully saturated rings. The highest BCUT2D eigenvalue weighted by Crippen LogP contribution is 2.26. The molecule has 10 heteroatoms. The van der Waals surface area contributed by atoms with Gasteiger partial charge in [-0.15, -0.1) is 10.2 Å². The quantitative estimate of drug-likeness (QED) is 0.380. The number of carbonyl (C=O) groups is 3. The van der Waals surface area contributed by atoms with Crippen LogP contribution in [0.25, 0.3) is 0 Å². The molecule has 0 atom stereocenters. The minimum Gasteiger partial charge on any atom is -0.326 e. The van der Waals surface area contributed by atoms with Gasteiger partial charge in [0.2, 0.25) is 16.9 Å². The molecule has 8 nitrogen and oxygen atoms in total. The first-order chi connectivity index (χ1) is 14.4. The van der Waals surface area contributed by atoms with Crippen molar-refractivity contribution in [1.82, 2.24) is 10.2 Å². The summed E-state index contributed by atoms with van der Waals surface area (Å²) >= 11 is 2.43. The maximum Gasteiger partial charge on any atom is 0.257 e. The zero-order valence-electron chi connectivity index (χ0n) is 16.3. The van der Waals surface area contributed by atoms with Crippen molar-refractivity contribution < 1.29 is 14.4 Å². The maximum absolute atomic E-state index is 12.3. The van der Waals surface area contributed by atoms with Crippen LogP contribution < -0.4 is 16.0 Å². The van der Waals surface area contributed by atoms with Gasteiger partial charge in [-0.2, -0.15) is 0 Å². The minimum absolute atomic E-state index is 0.147. The predicted molar refractivity (Wildman–Crippen MR) is 119 cm³/mol. The molecule has 30 heavy (non-hydrogen) atoms. The number of aromatic nitrogens is 2. The summed E-state index contributed by atoms with van der Waals surface area (Å²) in [5, 5.41) is 16.5. The van der Waals surface area contributed by atoms with Crippen LogP contribution in [0.2, 0.25) is 0 Å². The van der Waals surface area contributed by atoms with Crippen LogP contribution >= 0.6 is 23.1 Å². The lowest BCUT2D eigenvalue weighted by Crippen LogP contribution is -2.14. The predicted octanol–water partition coefficient (Wildman–Crippen LogP) is 3.79. The zero-order valence-corrected chi connectivity index (χ0v) is 17.9. The van der Waals surface area contributed by atoms with Crippen LogP contribution in [0, 0.1) is 6.92 Å². The van der Waals surface area contributed by atoms with Gasteiger partial charge in [0.25, 0.3) is 5.91 Å². The summed E-state index contributed by atoms with van der Waals surface area (Å²) in [5.41, 5.74) is 2.82. The second-order valence-corrected chi connectivity index (χ2v) is 8.49. The van der Waals surface area contributed by atoms with Crippen LogP contribution in [-0.2, 0) is 9.59 Å². The summed E-state index contributed by atoms with van der Waals surface area (Å²) in [5.74, 6) is -0.470. The van der Waals surface area contributed by atoms with Crippen LogP contribution in [0.1, 0.15) is 22.8 Å². The molecular weight excluding hydrogens is 422 g/mol. The highest BCUT2D eigenvalue weighted by atomic mass is 32.2. The van der Waals surface area contributed by atoms with Crippen LogP contribution in [0.5, 0.6) is 0 Å². The Hall–Kier alpha value is -3.24. The van der Waals surface area contributed by atoms with E-state index >= 15 is 0 Å². The topological polar surface area (TPSA) is 113 Å². The fourth-order valence-corrected chi connectivity index (χ4v) is 3.99. The van der Waals surface area contributed by atoms with Crippen molar-refractivity contribution in [3.05, 3.63) is 59.7 Å². The molecule has 0 spiro atoms. The van der Waals surface area contributed by atoms with Crippen molar-refractivity contribution in [2.24, 2.45) is 0 Å². The van der Waals surface area contributed by atoms with Crippen molar-refractivity contribution in [2.75, 3.05) is 21.7 Å². The van der Waals surface area contributed by atoms with E-state index in [9.17, 15) is 14.4 Å². The number of benzene rings is 2. The van der Waals surface area contributed by atoms with Crippen molar-refractivity contribution in [2.45, 2.75) is 18.2 Å². The molecule has 3 aromatic rings. The van der Waals surface area contributed by atoms with Crippen LogP contribution in [0.3, 0.4) is 0 Å². The van der Waals surface area contributed by atoms with Gasteiger partial charge in [0.15, 0.2) is 4.34 Å². The number of carbonyl (C=O) groups excluding carboxylic acids is 3. The van der Waals surface area contributed by atoms with Crippen molar-refractivity contribution in [1.29, 1.82) is 0 Å². The van der Waals surface area contributed by atoms with E-state index in [-0.39, 0.29) is 23.5 Å². The van der Waals surface area contributed by atoms with Gasteiger partial charge in [0.05, 0.1) is 5.75 Å². The third-order valence-electron chi connectivity index (χ3n) is 3.72. The Morgan fingerprint density at radius 3 is 2.33 bits per heavy atom. The van der Waals surface area contributed by atoms with Crippen molar-refractivity contribution in [3.8, 4) is 0 Å². The number of thioether (sulfide) groups is 1. The average molecular weight is 442 g/mol. The summed E-state index contributed by atoms with van der Waals surface area (Å²) in [6.45, 7) is 3.35. The maximum atomic E-state index is 12.3. The Morgan fingerprint density at radius 1 is 0.967 bits per heavy atom. The highest BCUT2D eigenvalue weighted by Gasteiger charge is 2.12. The Kier molecular flexibility index (Phi) is 7.15. The molecule has 1 aromatic heterocycles. The van der Waals surface area contributed by atoms with E-state index in [1.165, 1.54) is 30.0 Å². The molecule has 3 rings (SSSR count). The average Bonchev–Trinajstić information content (AvgIpc) is 3.15. The number of nitrogens with one attached hydrogen (secondary N) is 3. The first kappa shape index (κ1) is 21.5. The van der Waals surface area contributed by atoms with Gasteiger partial charge >= 0.3 is 0 Å². The van der Waals surface area contributed by atoms with Crippen LogP contribution in [0.4, 0.5) is 16.5 Å². The summed E-state index contributed by atoms with van der Waals surface area (Å²) in [6, 6.07) is 14.1. The van der Waals surface area contributed by atoms with E-state index < -0.39 is 0 Å². The van der Waals surface area contributed by atoms with Gasteiger partial charge in [-0.05, 0) is 43.3 Å². The number of hydrogen-bond donors (Lipinski definition) is 3. The van der Waals surface area contributed by atoms with Gasteiger partial charge in [-0.1, -0.05) is 40.8 Å². The van der Waals surface area contributed by atoms with Gasteiger partial charge in [-0.25, -0.2) is 0 Å². The van der Waals surface area contributed by atoms with E-state index in [0.717, 1.165) is 5.56 Å². The van der Waals surface area contributed by atoms with E-state index in [2.05, 4.69) is 26.1 Å². The SMILES string of the molecule is CC(=O)Nc1ccc(NC(=O)CSc2nnc(NC(=O)c3cccc(C)c3)s2)cc1. The summed E-state index contributed by atoms with van der Waals surface area (Å²) in [6.07, 6.45) is 0. The fraction of sp³-hybridized carbons (Fsp3) is 0.150. The van der Waals surface area contributed by atoms with E-state index in [4.69, 9.17) is 0 Å². The Bertz CT molecular complexity index is 1070. The Morgan fingerprint density at radius 2 is 1.67 bits per heavy atom. The molecule has 1 heterocycles. The Labute approximate surface area is 181 Å². The number of rotatable bonds is 7. The van der Waals surface area contributed by atoms with Gasteiger partial charge in [-0.3, -0.25) is 19.7 Å². The van der Waals surface area contributed by atoms with E-state index in [1.807, 2.05) is 19.1 Å². The summed E-state index contributed by atoms with van der Waals surface area (Å²) in [4.78, 5) is 35.4. The van der Waals surface area contributed by atoms with Crippen LogP contribution in [-0.4, -0.2) is 33.7 Å². The van der Waals surface area contributed by atoms with E-state index in [0.29, 0.717) is 26.4 Å². The molecule has 0 aliphatic heterocycles. The van der Waals surface area contributed by atoms with Crippen LogP contribution in [0.15, 0.2) is 52.9 Å². The molecule has 154 valence electrons. The first-order valence-electron chi connectivity index (χ1n) is 8.91. The summed E-state index contributed by atoms with van der Waals surface area (Å²) in [7, 11) is 0. The monoisotopic (exact) mass is 441 g/mol. The first-order valence-corrected chi connectivity index (χ1v) is 10.7. The number of amides is 3.